The van der Waals surface area contributed by atoms with E-state index in [-0.39, 0.29) is 12.5 Å². The molecule has 10 atom stereocenters. The number of aliphatic hydroxyl groups excluding tert-OH is 2. The lowest BCUT2D eigenvalue weighted by atomic mass is 9.35. The Hall–Kier alpha value is -1.48. The Morgan fingerprint density at radius 3 is 2.41 bits per heavy atom. The zero-order valence-electron chi connectivity index (χ0n) is 19.2. The number of aliphatic hydroxyl groups is 3. The fourth-order valence-electron chi connectivity index (χ4n) is 8.71. The van der Waals surface area contributed by atoms with E-state index in [4.69, 9.17) is 14.2 Å². The van der Waals surface area contributed by atoms with Crippen LogP contribution >= 0.6 is 0 Å². The number of rotatable bonds is 2. The molecule has 6 aliphatic rings. The maximum absolute atomic E-state index is 12.3. The predicted octanol–water partition coefficient (Wildman–Crippen LogP) is 1.31. The molecule has 0 aromatic heterocycles. The van der Waals surface area contributed by atoms with Crippen LogP contribution in [0.25, 0.3) is 0 Å². The summed E-state index contributed by atoms with van der Waals surface area (Å²) in [4.78, 5) is 24.3. The van der Waals surface area contributed by atoms with Gasteiger partial charge in [-0.2, -0.15) is 0 Å². The molecule has 178 valence electrons. The van der Waals surface area contributed by atoms with Crippen LogP contribution in [0.1, 0.15) is 53.4 Å². The van der Waals surface area contributed by atoms with Gasteiger partial charge in [0, 0.05) is 31.1 Å². The maximum Gasteiger partial charge on any atom is 0.303 e. The number of hydrogen-bond donors (Lipinski definition) is 3. The Labute approximate surface area is 187 Å². The van der Waals surface area contributed by atoms with Crippen LogP contribution in [0, 0.1) is 34.0 Å². The van der Waals surface area contributed by atoms with Crippen molar-refractivity contribution in [2.24, 2.45) is 34.0 Å². The number of esters is 2. The zero-order valence-corrected chi connectivity index (χ0v) is 19.2. The van der Waals surface area contributed by atoms with Crippen molar-refractivity contribution in [1.29, 1.82) is 0 Å². The Balaban J connectivity index is 1.80. The molecule has 2 saturated heterocycles. The number of carbonyl (C=O) groups excluding carboxylic acids is 2. The minimum Gasteiger partial charge on any atom is -0.462 e. The molecule has 8 nitrogen and oxygen atoms in total. The maximum atomic E-state index is 12.3. The monoisotopic (exact) mass is 450 g/mol. The molecule has 10 unspecified atom stereocenters. The normalized spacial score (nSPS) is 52.7. The van der Waals surface area contributed by atoms with Crippen LogP contribution in [0.5, 0.6) is 0 Å². The van der Waals surface area contributed by atoms with E-state index in [1.807, 2.05) is 0 Å². The summed E-state index contributed by atoms with van der Waals surface area (Å²) in [5, 5.41) is 35.4. The quantitative estimate of drug-likeness (QED) is 0.425. The van der Waals surface area contributed by atoms with Crippen LogP contribution in [0.2, 0.25) is 0 Å². The van der Waals surface area contributed by atoms with Gasteiger partial charge in [0.25, 0.3) is 0 Å². The van der Waals surface area contributed by atoms with Crippen LogP contribution < -0.4 is 0 Å². The van der Waals surface area contributed by atoms with Gasteiger partial charge in [-0.25, -0.2) is 0 Å². The largest absolute Gasteiger partial charge is 0.462 e. The average Bonchev–Trinajstić information content (AvgIpc) is 2.88. The summed E-state index contributed by atoms with van der Waals surface area (Å²) in [5.41, 5.74) is -2.12. The molecule has 2 spiro atoms. The predicted molar refractivity (Wildman–Crippen MR) is 111 cm³/mol. The molecular formula is C24H34O8. The molecule has 3 N–H and O–H groups in total. The van der Waals surface area contributed by atoms with E-state index in [2.05, 4.69) is 20.4 Å². The second-order valence-electron chi connectivity index (χ2n) is 11.4. The molecular weight excluding hydrogens is 416 g/mol. The van der Waals surface area contributed by atoms with Gasteiger partial charge in [0.15, 0.2) is 6.10 Å². The summed E-state index contributed by atoms with van der Waals surface area (Å²) in [6.07, 6.45) is -1.67. The van der Waals surface area contributed by atoms with E-state index >= 15 is 0 Å². The van der Waals surface area contributed by atoms with Gasteiger partial charge in [0.05, 0.1) is 24.2 Å². The first-order chi connectivity index (χ1) is 14.8. The Morgan fingerprint density at radius 1 is 1.12 bits per heavy atom. The van der Waals surface area contributed by atoms with Crippen molar-refractivity contribution < 1.29 is 39.1 Å². The lowest BCUT2D eigenvalue weighted by Gasteiger charge is -2.75. The lowest BCUT2D eigenvalue weighted by molar-refractivity contribution is -0.472. The van der Waals surface area contributed by atoms with Gasteiger partial charge in [-0.3, -0.25) is 9.59 Å². The van der Waals surface area contributed by atoms with Crippen LogP contribution in [-0.4, -0.2) is 64.1 Å². The Kier molecular flexibility index (Phi) is 4.57. The van der Waals surface area contributed by atoms with Crippen molar-refractivity contribution >= 4 is 11.9 Å². The van der Waals surface area contributed by atoms with E-state index in [0.29, 0.717) is 31.3 Å². The molecule has 6 fully saturated rings. The summed E-state index contributed by atoms with van der Waals surface area (Å²) in [7, 11) is 0. The van der Waals surface area contributed by atoms with Gasteiger partial charge in [0.1, 0.15) is 6.10 Å². The highest BCUT2D eigenvalue weighted by atomic mass is 16.7. The van der Waals surface area contributed by atoms with Crippen LogP contribution in [0.4, 0.5) is 0 Å². The highest BCUT2D eigenvalue weighted by molar-refractivity contribution is 5.67. The van der Waals surface area contributed by atoms with Gasteiger partial charge >= 0.3 is 11.9 Å². The van der Waals surface area contributed by atoms with Crippen LogP contribution in [0.3, 0.4) is 0 Å². The van der Waals surface area contributed by atoms with Gasteiger partial charge in [0.2, 0.25) is 5.79 Å². The molecule has 4 saturated carbocycles. The van der Waals surface area contributed by atoms with Crippen molar-refractivity contribution in [2.45, 2.75) is 83.6 Å². The van der Waals surface area contributed by atoms with Gasteiger partial charge in [-0.1, -0.05) is 20.4 Å². The number of carbonyl (C=O) groups is 2. The highest BCUT2D eigenvalue weighted by Crippen LogP contribution is 2.78. The fraction of sp³-hybridized carbons (Fsp3) is 0.833. The molecule has 0 radical (unpaired) electrons. The minimum atomic E-state index is -2.00. The minimum absolute atomic E-state index is 0.0323. The summed E-state index contributed by atoms with van der Waals surface area (Å²) in [6, 6.07) is 0. The van der Waals surface area contributed by atoms with Crippen LogP contribution in [-0.2, 0) is 23.8 Å². The molecule has 4 bridgehead atoms. The molecule has 0 aromatic carbocycles. The van der Waals surface area contributed by atoms with E-state index in [0.717, 1.165) is 0 Å². The molecule has 4 aliphatic carbocycles. The lowest BCUT2D eigenvalue weighted by Crippen LogP contribution is -2.86. The van der Waals surface area contributed by atoms with Gasteiger partial charge in [-0.05, 0) is 42.6 Å². The van der Waals surface area contributed by atoms with Crippen molar-refractivity contribution in [1.82, 2.24) is 0 Å². The zero-order chi connectivity index (χ0) is 23.4. The van der Waals surface area contributed by atoms with E-state index < -0.39 is 70.2 Å². The molecule has 2 heterocycles. The third-order valence-corrected chi connectivity index (χ3v) is 9.58. The number of fused-ring (bicyclic) bond motifs is 2. The molecule has 2 aliphatic heterocycles. The summed E-state index contributed by atoms with van der Waals surface area (Å²) >= 11 is 0. The van der Waals surface area contributed by atoms with Crippen molar-refractivity contribution in [3.05, 3.63) is 12.2 Å². The Morgan fingerprint density at radius 2 is 1.78 bits per heavy atom. The summed E-state index contributed by atoms with van der Waals surface area (Å²) in [6.45, 7) is 10.9. The standard InChI is InChI=1S/C24H34O8/c1-11-14-8-15(31-12(2)25)17-22-10-30-24(29,23(17,9-14)19(11)28)20(32-13(3)26)18(22)21(4,5)7-6-16(22)27/h14-20,27-29H,1,6-10H2,2-5H3. The molecule has 6 rings (SSSR count). The van der Waals surface area contributed by atoms with E-state index in [1.165, 1.54) is 13.8 Å². The second kappa shape index (κ2) is 6.56. The first-order valence-corrected chi connectivity index (χ1v) is 11.6. The fourth-order valence-corrected chi connectivity index (χ4v) is 8.71. The molecule has 0 amide bonds. The highest BCUT2D eigenvalue weighted by Gasteiger charge is 2.86. The number of ether oxygens (including phenoxy) is 3. The van der Waals surface area contributed by atoms with E-state index in [1.54, 1.807) is 0 Å². The third kappa shape index (κ3) is 2.37. The van der Waals surface area contributed by atoms with Crippen molar-refractivity contribution in [3.63, 3.8) is 0 Å². The summed E-state index contributed by atoms with van der Waals surface area (Å²) in [5.74, 6) is -4.22. The first kappa shape index (κ1) is 22.3. The average molecular weight is 451 g/mol. The smallest absolute Gasteiger partial charge is 0.303 e. The second-order valence-corrected chi connectivity index (χ2v) is 11.4. The Bertz CT molecular complexity index is 883. The molecule has 32 heavy (non-hydrogen) atoms. The topological polar surface area (TPSA) is 123 Å². The van der Waals surface area contributed by atoms with Gasteiger partial charge in [-0.15, -0.1) is 0 Å². The van der Waals surface area contributed by atoms with Crippen molar-refractivity contribution in [3.8, 4) is 0 Å². The van der Waals surface area contributed by atoms with E-state index in [9.17, 15) is 24.9 Å². The SMILES string of the molecule is C=C1C2CC(OC(C)=O)C3C45COC(O)(C(OC(C)=O)C4C(C)(C)CCC5O)C3(C2)C1O. The number of hydrogen-bond acceptors (Lipinski definition) is 8. The van der Waals surface area contributed by atoms with Gasteiger partial charge < -0.3 is 29.5 Å². The third-order valence-electron chi connectivity index (χ3n) is 9.58. The first-order valence-electron chi connectivity index (χ1n) is 11.6. The van der Waals surface area contributed by atoms with Crippen LogP contribution in [0.15, 0.2) is 12.2 Å². The molecule has 8 heteroatoms. The summed E-state index contributed by atoms with van der Waals surface area (Å²) < 4.78 is 17.8. The molecule has 0 aromatic rings. The van der Waals surface area contributed by atoms with Crippen molar-refractivity contribution in [2.75, 3.05) is 6.61 Å².